The minimum Gasteiger partial charge on any atom is -0.480 e. The number of aromatic nitrogens is 2. The third-order valence-electron chi connectivity index (χ3n) is 3.18. The first-order valence-corrected chi connectivity index (χ1v) is 8.23. The SMILES string of the molecule is O=C(O)CN(Cc1nnc(-c2ccc(Br)s2)o1)CC1CC1. The molecule has 2 aromatic heterocycles. The van der Waals surface area contributed by atoms with Crippen LogP contribution in [-0.4, -0.2) is 39.3 Å². The van der Waals surface area contributed by atoms with Gasteiger partial charge in [0.25, 0.3) is 5.89 Å². The fourth-order valence-corrected chi connectivity index (χ4v) is 3.39. The first-order chi connectivity index (χ1) is 10.1. The smallest absolute Gasteiger partial charge is 0.317 e. The maximum Gasteiger partial charge on any atom is 0.317 e. The largest absolute Gasteiger partial charge is 0.480 e. The summed E-state index contributed by atoms with van der Waals surface area (Å²) in [5, 5.41) is 17.0. The van der Waals surface area contributed by atoms with Crippen molar-refractivity contribution < 1.29 is 14.3 Å². The number of carbonyl (C=O) groups is 1. The number of aliphatic carboxylic acids is 1. The van der Waals surface area contributed by atoms with Gasteiger partial charge >= 0.3 is 5.97 Å². The van der Waals surface area contributed by atoms with Crippen molar-refractivity contribution in [1.82, 2.24) is 15.1 Å². The molecule has 1 fully saturated rings. The van der Waals surface area contributed by atoms with E-state index < -0.39 is 5.97 Å². The lowest BCUT2D eigenvalue weighted by Crippen LogP contribution is -2.31. The molecule has 1 saturated carbocycles. The molecule has 2 aromatic rings. The first-order valence-electron chi connectivity index (χ1n) is 6.62. The van der Waals surface area contributed by atoms with Crippen molar-refractivity contribution in [2.75, 3.05) is 13.1 Å². The van der Waals surface area contributed by atoms with Gasteiger partial charge < -0.3 is 9.52 Å². The van der Waals surface area contributed by atoms with Gasteiger partial charge in [-0.05, 0) is 46.8 Å². The molecule has 0 aliphatic heterocycles. The van der Waals surface area contributed by atoms with Crippen LogP contribution in [-0.2, 0) is 11.3 Å². The number of carboxylic acid groups (broad SMARTS) is 1. The van der Waals surface area contributed by atoms with Gasteiger partial charge in [-0.15, -0.1) is 21.5 Å². The summed E-state index contributed by atoms with van der Waals surface area (Å²) >= 11 is 4.91. The monoisotopic (exact) mass is 371 g/mol. The average Bonchev–Trinajstić information content (AvgIpc) is 2.93. The molecule has 6 nitrogen and oxygen atoms in total. The number of carboxylic acids is 1. The lowest BCUT2D eigenvalue weighted by atomic mass is 10.3. The van der Waals surface area contributed by atoms with Crippen LogP contribution < -0.4 is 0 Å². The molecule has 0 amide bonds. The summed E-state index contributed by atoms with van der Waals surface area (Å²) < 4.78 is 6.63. The summed E-state index contributed by atoms with van der Waals surface area (Å²) in [7, 11) is 0. The Morgan fingerprint density at radius 1 is 1.48 bits per heavy atom. The van der Waals surface area contributed by atoms with Crippen molar-refractivity contribution in [1.29, 1.82) is 0 Å². The lowest BCUT2D eigenvalue weighted by molar-refractivity contribution is -0.138. The van der Waals surface area contributed by atoms with Gasteiger partial charge in [-0.1, -0.05) is 0 Å². The lowest BCUT2D eigenvalue weighted by Gasteiger charge is -2.17. The molecule has 0 aromatic carbocycles. The Kier molecular flexibility index (Phi) is 4.37. The van der Waals surface area contributed by atoms with Crippen LogP contribution in [0.25, 0.3) is 10.8 Å². The van der Waals surface area contributed by atoms with Crippen LogP contribution in [0.3, 0.4) is 0 Å². The molecule has 0 spiro atoms. The molecule has 1 N–H and O–H groups in total. The van der Waals surface area contributed by atoms with E-state index in [-0.39, 0.29) is 6.54 Å². The average molecular weight is 372 g/mol. The highest BCUT2D eigenvalue weighted by molar-refractivity contribution is 9.11. The fourth-order valence-electron chi connectivity index (χ4n) is 2.08. The highest BCUT2D eigenvalue weighted by atomic mass is 79.9. The number of halogens is 1. The molecule has 112 valence electrons. The molecule has 3 rings (SSSR count). The minimum atomic E-state index is -0.836. The highest BCUT2D eigenvalue weighted by Gasteiger charge is 2.26. The van der Waals surface area contributed by atoms with E-state index in [4.69, 9.17) is 9.52 Å². The molecule has 0 saturated heterocycles. The van der Waals surface area contributed by atoms with E-state index in [1.54, 1.807) is 0 Å². The van der Waals surface area contributed by atoms with Crippen LogP contribution in [0.5, 0.6) is 0 Å². The molecule has 0 radical (unpaired) electrons. The van der Waals surface area contributed by atoms with Gasteiger partial charge in [-0.2, -0.15) is 0 Å². The molecule has 1 aliphatic carbocycles. The molecule has 21 heavy (non-hydrogen) atoms. The van der Waals surface area contributed by atoms with E-state index in [9.17, 15) is 4.79 Å². The maximum absolute atomic E-state index is 10.9. The van der Waals surface area contributed by atoms with Gasteiger partial charge in [-0.3, -0.25) is 9.69 Å². The quantitative estimate of drug-likeness (QED) is 0.805. The fraction of sp³-hybridized carbons (Fsp3) is 0.462. The van der Waals surface area contributed by atoms with Crippen molar-refractivity contribution in [3.8, 4) is 10.8 Å². The second-order valence-electron chi connectivity index (χ2n) is 5.11. The van der Waals surface area contributed by atoms with E-state index in [1.807, 2.05) is 17.0 Å². The molecule has 2 heterocycles. The van der Waals surface area contributed by atoms with Crippen LogP contribution in [0.2, 0.25) is 0 Å². The normalized spacial score (nSPS) is 14.8. The Morgan fingerprint density at radius 2 is 2.29 bits per heavy atom. The van der Waals surface area contributed by atoms with Crippen molar-refractivity contribution in [2.24, 2.45) is 5.92 Å². The summed E-state index contributed by atoms with van der Waals surface area (Å²) in [5.41, 5.74) is 0. The van der Waals surface area contributed by atoms with Gasteiger partial charge in [0.05, 0.1) is 21.8 Å². The Morgan fingerprint density at radius 3 is 2.90 bits per heavy atom. The predicted octanol–water partition coefficient (Wildman–Crippen LogP) is 2.86. The van der Waals surface area contributed by atoms with E-state index in [0.29, 0.717) is 24.2 Å². The molecular formula is C13H14BrN3O3S. The number of rotatable bonds is 7. The molecular weight excluding hydrogens is 358 g/mol. The van der Waals surface area contributed by atoms with Crippen molar-refractivity contribution in [3.63, 3.8) is 0 Å². The summed E-state index contributed by atoms with van der Waals surface area (Å²) in [6.07, 6.45) is 2.35. The van der Waals surface area contributed by atoms with Crippen LogP contribution in [0.15, 0.2) is 20.3 Å². The summed E-state index contributed by atoms with van der Waals surface area (Å²) in [6.45, 7) is 1.15. The molecule has 8 heteroatoms. The Balaban J connectivity index is 1.67. The zero-order valence-corrected chi connectivity index (χ0v) is 13.6. The van der Waals surface area contributed by atoms with Gasteiger partial charge in [-0.25, -0.2) is 0 Å². The second-order valence-corrected chi connectivity index (χ2v) is 7.57. The van der Waals surface area contributed by atoms with Crippen LogP contribution in [0, 0.1) is 5.92 Å². The maximum atomic E-state index is 10.9. The third kappa shape index (κ3) is 4.12. The third-order valence-corrected chi connectivity index (χ3v) is 4.79. The molecule has 1 aliphatic rings. The van der Waals surface area contributed by atoms with Crippen LogP contribution in [0.1, 0.15) is 18.7 Å². The first kappa shape index (κ1) is 14.7. The van der Waals surface area contributed by atoms with Crippen LogP contribution >= 0.6 is 27.3 Å². The topological polar surface area (TPSA) is 79.5 Å². The second kappa shape index (κ2) is 6.25. The molecule has 0 unspecified atom stereocenters. The zero-order chi connectivity index (χ0) is 14.8. The Labute approximate surface area is 133 Å². The van der Waals surface area contributed by atoms with Gasteiger partial charge in [0.2, 0.25) is 5.89 Å². The Bertz CT molecular complexity index is 638. The number of hydrogen-bond donors (Lipinski definition) is 1. The van der Waals surface area contributed by atoms with Gasteiger partial charge in [0.1, 0.15) is 0 Å². The molecule has 0 atom stereocenters. The number of nitrogens with zero attached hydrogens (tertiary/aromatic N) is 3. The highest BCUT2D eigenvalue weighted by Crippen LogP contribution is 2.31. The van der Waals surface area contributed by atoms with Gasteiger partial charge in [0.15, 0.2) is 0 Å². The predicted molar refractivity (Wildman–Crippen MR) is 80.9 cm³/mol. The van der Waals surface area contributed by atoms with Crippen molar-refractivity contribution in [3.05, 3.63) is 21.8 Å². The van der Waals surface area contributed by atoms with E-state index >= 15 is 0 Å². The van der Waals surface area contributed by atoms with E-state index in [0.717, 1.165) is 15.2 Å². The summed E-state index contributed by atoms with van der Waals surface area (Å²) in [4.78, 5) is 13.7. The van der Waals surface area contributed by atoms with E-state index in [2.05, 4.69) is 26.1 Å². The van der Waals surface area contributed by atoms with E-state index in [1.165, 1.54) is 24.2 Å². The minimum absolute atomic E-state index is 0.00123. The summed E-state index contributed by atoms with van der Waals surface area (Å²) in [6, 6.07) is 3.83. The van der Waals surface area contributed by atoms with Crippen molar-refractivity contribution >= 4 is 33.2 Å². The standard InChI is InChI=1S/C13H14BrN3O3S/c14-10-4-3-9(21-10)13-16-15-11(20-13)6-17(7-12(18)19)5-8-1-2-8/h3-4,8H,1-2,5-7H2,(H,18,19). The Hall–Kier alpha value is -1.25. The zero-order valence-electron chi connectivity index (χ0n) is 11.2. The van der Waals surface area contributed by atoms with Crippen molar-refractivity contribution in [2.45, 2.75) is 19.4 Å². The number of thiophene rings is 1. The van der Waals surface area contributed by atoms with Crippen LogP contribution in [0.4, 0.5) is 0 Å². The molecule has 0 bridgehead atoms. The number of hydrogen-bond acceptors (Lipinski definition) is 6. The van der Waals surface area contributed by atoms with Gasteiger partial charge in [0, 0.05) is 6.54 Å². The summed E-state index contributed by atoms with van der Waals surface area (Å²) in [5.74, 6) is 0.705.